The summed E-state index contributed by atoms with van der Waals surface area (Å²) >= 11 is 7.59. The van der Waals surface area contributed by atoms with Gasteiger partial charge in [0.2, 0.25) is 0 Å². The number of H-pyrrole nitrogens is 1. The first kappa shape index (κ1) is 8.38. The lowest BCUT2D eigenvalue weighted by Gasteiger charge is -2.14. The molecule has 2 aliphatic heterocycles. The lowest BCUT2D eigenvalue weighted by Crippen LogP contribution is -2.11. The smallest absolute Gasteiger partial charge is 0.151 e. The summed E-state index contributed by atoms with van der Waals surface area (Å²) in [6, 6.07) is 0. The van der Waals surface area contributed by atoms with E-state index in [0.29, 0.717) is 5.17 Å². The fourth-order valence-corrected chi connectivity index (χ4v) is 2.96. The molecule has 1 atom stereocenters. The minimum atomic E-state index is 0.0765. The summed E-state index contributed by atoms with van der Waals surface area (Å²) < 4.78 is 3.20. The molecule has 0 amide bonds. The number of nitrogens with one attached hydrogen (secondary N) is 2. The van der Waals surface area contributed by atoms with E-state index in [4.69, 9.17) is 11.6 Å². The average molecular weight is 227 g/mol. The van der Waals surface area contributed by atoms with Crippen molar-refractivity contribution in [2.45, 2.75) is 12.3 Å². The maximum absolute atomic E-state index is 6.02. The van der Waals surface area contributed by atoms with Gasteiger partial charge in [0.15, 0.2) is 5.17 Å². The lowest BCUT2D eigenvalue weighted by atomic mass is 10.0. The van der Waals surface area contributed by atoms with Crippen molar-refractivity contribution in [2.75, 3.05) is 0 Å². The van der Waals surface area contributed by atoms with Crippen LogP contribution in [0.15, 0.2) is 16.9 Å². The van der Waals surface area contributed by atoms with Crippen LogP contribution in [0.3, 0.4) is 0 Å². The summed E-state index contributed by atoms with van der Waals surface area (Å²) in [4.78, 5) is 4.36. The van der Waals surface area contributed by atoms with Crippen LogP contribution in [0.2, 0.25) is 0 Å². The van der Waals surface area contributed by atoms with Crippen molar-refractivity contribution in [1.82, 2.24) is 14.9 Å². The minimum absolute atomic E-state index is 0.0765. The van der Waals surface area contributed by atoms with E-state index in [2.05, 4.69) is 19.9 Å². The molecule has 0 radical (unpaired) electrons. The molecule has 3 heterocycles. The fraction of sp³-hybridized carbons (Fsp3) is 0.250. The molecule has 0 spiro atoms. The largest absolute Gasteiger partial charge is 0.331 e. The average Bonchev–Trinajstić information content (AvgIpc) is 2.72. The molecule has 1 unspecified atom stereocenters. The van der Waals surface area contributed by atoms with Crippen LogP contribution >= 0.6 is 23.5 Å². The molecule has 14 heavy (non-hydrogen) atoms. The molecule has 6 heteroatoms. The monoisotopic (exact) mass is 226 g/mol. The Morgan fingerprint density at radius 2 is 2.43 bits per heavy atom. The van der Waals surface area contributed by atoms with Crippen LogP contribution < -0.4 is 4.72 Å². The summed E-state index contributed by atoms with van der Waals surface area (Å²) in [5, 5.41) is 7.43. The summed E-state index contributed by atoms with van der Waals surface area (Å²) in [7, 11) is 0. The number of aromatic amines is 1. The third-order valence-corrected chi connectivity index (χ3v) is 3.62. The quantitative estimate of drug-likeness (QED) is 0.663. The first-order valence-electron chi connectivity index (χ1n) is 4.17. The number of halogens is 1. The molecule has 0 fully saturated rings. The number of aliphatic imine (C=N–C) groups is 1. The van der Waals surface area contributed by atoms with Gasteiger partial charge >= 0.3 is 0 Å². The fourth-order valence-electron chi connectivity index (χ4n) is 1.68. The SMILES string of the molecule is CC1=C2c3cn[nH]c3C(Cl)=NC2SN1. The van der Waals surface area contributed by atoms with E-state index in [1.165, 1.54) is 5.57 Å². The van der Waals surface area contributed by atoms with Gasteiger partial charge in [0.25, 0.3) is 0 Å². The number of hydrogen-bond donors (Lipinski definition) is 2. The van der Waals surface area contributed by atoms with Gasteiger partial charge in [-0.15, -0.1) is 0 Å². The summed E-state index contributed by atoms with van der Waals surface area (Å²) in [6.45, 7) is 2.04. The van der Waals surface area contributed by atoms with Crippen molar-refractivity contribution in [3.63, 3.8) is 0 Å². The number of aromatic nitrogens is 2. The summed E-state index contributed by atoms with van der Waals surface area (Å²) in [6.07, 6.45) is 1.80. The van der Waals surface area contributed by atoms with E-state index in [9.17, 15) is 0 Å². The third kappa shape index (κ3) is 0.965. The Bertz CT molecular complexity index is 462. The molecule has 0 aliphatic carbocycles. The van der Waals surface area contributed by atoms with Crippen LogP contribution in [0, 0.1) is 0 Å². The predicted molar refractivity (Wildman–Crippen MR) is 58.1 cm³/mol. The topological polar surface area (TPSA) is 53.1 Å². The summed E-state index contributed by atoms with van der Waals surface area (Å²) in [5.41, 5.74) is 4.20. The van der Waals surface area contributed by atoms with E-state index in [-0.39, 0.29) is 5.37 Å². The van der Waals surface area contributed by atoms with Gasteiger partial charge in [-0.25, -0.2) is 4.99 Å². The van der Waals surface area contributed by atoms with Gasteiger partial charge in [0.05, 0.1) is 6.20 Å². The molecule has 0 saturated heterocycles. The van der Waals surface area contributed by atoms with Gasteiger partial charge in [0.1, 0.15) is 11.1 Å². The lowest BCUT2D eigenvalue weighted by molar-refractivity contribution is 1.07. The van der Waals surface area contributed by atoms with Crippen molar-refractivity contribution in [2.24, 2.45) is 4.99 Å². The van der Waals surface area contributed by atoms with Crippen LogP contribution in [-0.4, -0.2) is 20.7 Å². The highest BCUT2D eigenvalue weighted by Crippen LogP contribution is 2.40. The standard InChI is InChI=1S/C8H7ClN4S/c1-3-5-4-2-10-12-6(4)7(9)11-8(5)14-13-3/h2,8,13H,1H3,(H,10,12). The molecule has 1 aromatic heterocycles. The predicted octanol–water partition coefficient (Wildman–Crippen LogP) is 1.72. The molecule has 1 aromatic rings. The van der Waals surface area contributed by atoms with E-state index in [1.807, 2.05) is 6.92 Å². The van der Waals surface area contributed by atoms with Gasteiger partial charge in [-0.1, -0.05) is 11.6 Å². The Labute approximate surface area is 90.0 Å². The maximum Gasteiger partial charge on any atom is 0.151 e. The van der Waals surface area contributed by atoms with E-state index >= 15 is 0 Å². The van der Waals surface area contributed by atoms with Crippen molar-refractivity contribution >= 4 is 34.3 Å². The molecule has 0 saturated carbocycles. The zero-order valence-corrected chi connectivity index (χ0v) is 8.91. The Kier molecular flexibility index (Phi) is 1.66. The van der Waals surface area contributed by atoms with Gasteiger partial charge in [-0.3, -0.25) is 5.10 Å². The van der Waals surface area contributed by atoms with E-state index in [0.717, 1.165) is 17.0 Å². The molecule has 2 aliphatic rings. The van der Waals surface area contributed by atoms with Gasteiger partial charge in [0, 0.05) is 16.8 Å². The molecule has 72 valence electrons. The highest BCUT2D eigenvalue weighted by molar-refractivity contribution is 7.98. The minimum Gasteiger partial charge on any atom is -0.331 e. The zero-order chi connectivity index (χ0) is 9.71. The van der Waals surface area contributed by atoms with Crippen LogP contribution in [0.4, 0.5) is 0 Å². The summed E-state index contributed by atoms with van der Waals surface area (Å²) in [5.74, 6) is 0. The Morgan fingerprint density at radius 3 is 3.29 bits per heavy atom. The first-order chi connectivity index (χ1) is 6.77. The van der Waals surface area contributed by atoms with Crippen molar-refractivity contribution in [3.8, 4) is 0 Å². The zero-order valence-electron chi connectivity index (χ0n) is 7.34. The van der Waals surface area contributed by atoms with Crippen LogP contribution in [0.1, 0.15) is 18.2 Å². The molecular formula is C8H7ClN4S. The Morgan fingerprint density at radius 1 is 1.57 bits per heavy atom. The van der Waals surface area contributed by atoms with E-state index < -0.39 is 0 Å². The number of rotatable bonds is 0. The number of allylic oxidation sites excluding steroid dienone is 1. The van der Waals surface area contributed by atoms with Crippen LogP contribution in [-0.2, 0) is 0 Å². The molecule has 4 nitrogen and oxygen atoms in total. The third-order valence-electron chi connectivity index (χ3n) is 2.34. The second-order valence-electron chi connectivity index (χ2n) is 3.19. The maximum atomic E-state index is 6.02. The molecule has 3 rings (SSSR count). The molecule has 0 bridgehead atoms. The number of nitrogens with zero attached hydrogens (tertiary/aromatic N) is 2. The second kappa shape index (κ2) is 2.77. The Balaban J connectivity index is 2.28. The highest BCUT2D eigenvalue weighted by Gasteiger charge is 2.32. The Hall–Kier alpha value is -0.940. The highest BCUT2D eigenvalue weighted by atomic mass is 35.5. The van der Waals surface area contributed by atoms with E-state index in [1.54, 1.807) is 18.1 Å². The molecule has 2 N–H and O–H groups in total. The van der Waals surface area contributed by atoms with Crippen LogP contribution in [0.5, 0.6) is 0 Å². The van der Waals surface area contributed by atoms with Crippen LogP contribution in [0.25, 0.3) is 5.57 Å². The van der Waals surface area contributed by atoms with Crippen molar-refractivity contribution in [1.29, 1.82) is 0 Å². The van der Waals surface area contributed by atoms with Crippen molar-refractivity contribution < 1.29 is 0 Å². The molecular weight excluding hydrogens is 220 g/mol. The van der Waals surface area contributed by atoms with Gasteiger partial charge in [-0.05, 0) is 18.9 Å². The number of hydrogen-bond acceptors (Lipinski definition) is 4. The second-order valence-corrected chi connectivity index (χ2v) is 4.43. The van der Waals surface area contributed by atoms with Gasteiger partial charge in [-0.2, -0.15) is 5.10 Å². The van der Waals surface area contributed by atoms with Gasteiger partial charge < -0.3 is 4.72 Å². The number of fused-ring (bicyclic) bond motifs is 3. The van der Waals surface area contributed by atoms with Crippen molar-refractivity contribution in [3.05, 3.63) is 23.2 Å². The normalized spacial score (nSPS) is 24.1. The first-order valence-corrected chi connectivity index (χ1v) is 5.43. The molecule has 0 aromatic carbocycles.